The van der Waals surface area contributed by atoms with Crippen molar-refractivity contribution in [1.29, 1.82) is 0 Å². The van der Waals surface area contributed by atoms with Gasteiger partial charge in [0.2, 0.25) is 5.78 Å². The first-order chi connectivity index (χ1) is 22.2. The first-order valence-corrected chi connectivity index (χ1v) is 22.8. The number of hydrogen-bond donors (Lipinski definition) is 1. The maximum atomic E-state index is 14.1. The van der Waals surface area contributed by atoms with Gasteiger partial charge in [-0.1, -0.05) is 61.2 Å². The van der Waals surface area contributed by atoms with Gasteiger partial charge in [0.1, 0.15) is 5.60 Å². The molecule has 0 saturated carbocycles. The van der Waals surface area contributed by atoms with Crippen molar-refractivity contribution in [3.05, 3.63) is 40.1 Å². The number of benzene rings is 1. The first-order valence-electron chi connectivity index (χ1n) is 17.1. The molecule has 11 heteroatoms. The fourth-order valence-corrected chi connectivity index (χ4v) is 15.3. The number of carbonyl (C=O) groups is 2. The summed E-state index contributed by atoms with van der Waals surface area (Å²) in [5.41, 5.74) is 4.22. The minimum Gasteiger partial charge on any atom is -0.493 e. The van der Waals surface area contributed by atoms with Crippen molar-refractivity contribution in [2.24, 2.45) is 0 Å². The Morgan fingerprint density at radius 3 is 1.81 bits per heavy atom. The third-order valence-electron chi connectivity index (χ3n) is 9.23. The molecule has 0 heterocycles. The summed E-state index contributed by atoms with van der Waals surface area (Å²) in [6, 6.07) is 3.91. The second-order valence-corrected chi connectivity index (χ2v) is 26.0. The number of nitrogens with one attached hydrogen (secondary N) is 1. The van der Waals surface area contributed by atoms with Crippen LogP contribution in [0.5, 0.6) is 11.5 Å². The van der Waals surface area contributed by atoms with Crippen molar-refractivity contribution in [3.8, 4) is 11.5 Å². The molecule has 0 radical (unpaired) electrons. The largest absolute Gasteiger partial charge is 0.493 e. The SMILES string of the molecule is COc1cc(CCNC(=O)OC(C)(C)C)c(C2=C([Si](C)(C)C)C(OC)(OC)C(=O)C=C2CCO[Si](C(C)C)(C(C)C)C(C)C)cc1OC. The highest BCUT2D eigenvalue weighted by atomic mass is 28.4. The molecule has 1 aromatic rings. The number of rotatable bonds is 16. The second kappa shape index (κ2) is 16.5. The summed E-state index contributed by atoms with van der Waals surface area (Å²) in [6.07, 6.45) is 2.19. The van der Waals surface area contributed by atoms with Gasteiger partial charge in [0.05, 0.1) is 22.3 Å². The molecule has 0 fully saturated rings. The molecular formula is C37H63NO8Si2. The second-order valence-electron chi connectivity index (χ2n) is 15.5. The van der Waals surface area contributed by atoms with Crippen LogP contribution in [0.3, 0.4) is 0 Å². The van der Waals surface area contributed by atoms with Crippen LogP contribution in [-0.4, -0.2) is 81.2 Å². The van der Waals surface area contributed by atoms with Crippen LogP contribution in [-0.2, 0) is 29.9 Å². The molecule has 0 unspecified atom stereocenters. The van der Waals surface area contributed by atoms with Crippen LogP contribution in [0.1, 0.15) is 79.9 Å². The predicted octanol–water partition coefficient (Wildman–Crippen LogP) is 8.48. The first kappa shape index (κ1) is 41.7. The van der Waals surface area contributed by atoms with Gasteiger partial charge < -0.3 is 33.4 Å². The van der Waals surface area contributed by atoms with Crippen molar-refractivity contribution >= 4 is 33.8 Å². The average Bonchev–Trinajstić information content (AvgIpc) is 2.97. The van der Waals surface area contributed by atoms with Crippen LogP contribution in [0.2, 0.25) is 36.3 Å². The van der Waals surface area contributed by atoms with E-state index < -0.39 is 33.9 Å². The zero-order valence-electron chi connectivity index (χ0n) is 32.6. The minimum absolute atomic E-state index is 0.239. The van der Waals surface area contributed by atoms with E-state index in [1.807, 2.05) is 32.9 Å². The van der Waals surface area contributed by atoms with E-state index in [-0.39, 0.29) is 5.78 Å². The topological polar surface area (TPSA) is 102 Å². The number of ether oxygens (including phenoxy) is 5. The van der Waals surface area contributed by atoms with Gasteiger partial charge in [0.25, 0.3) is 5.79 Å². The van der Waals surface area contributed by atoms with E-state index in [1.165, 1.54) is 14.2 Å². The normalized spacial score (nSPS) is 15.7. The molecule has 0 spiro atoms. The molecule has 0 aromatic heterocycles. The van der Waals surface area contributed by atoms with Gasteiger partial charge in [-0.15, -0.1) is 0 Å². The Hall–Kier alpha value is -2.45. The van der Waals surface area contributed by atoms with E-state index in [0.717, 1.165) is 27.5 Å². The standard InChI is InChI=1S/C37H63NO8Si2/c1-24(2)48(25(3)4,26(5)6)45-20-18-28-22-32(39)37(43-12,44-13)34(47(14,15)16)33(28)29-23-31(42-11)30(41-10)21-27(29)17-19-38-35(40)46-36(7,8)9/h21-26H,17-20H2,1-16H3,(H,38,40). The maximum Gasteiger partial charge on any atom is 0.407 e. The quantitative estimate of drug-likeness (QED) is 0.135. The summed E-state index contributed by atoms with van der Waals surface area (Å²) < 4.78 is 36.1. The zero-order chi connectivity index (χ0) is 36.8. The molecular weight excluding hydrogens is 643 g/mol. The molecule has 2 rings (SSSR count). The number of amides is 1. The van der Waals surface area contributed by atoms with Gasteiger partial charge in [-0.05, 0) is 95.9 Å². The number of hydrogen-bond acceptors (Lipinski definition) is 8. The van der Waals surface area contributed by atoms with Gasteiger partial charge in [-0.3, -0.25) is 4.79 Å². The Morgan fingerprint density at radius 2 is 1.38 bits per heavy atom. The number of methoxy groups -OCH3 is 4. The molecule has 48 heavy (non-hydrogen) atoms. The summed E-state index contributed by atoms with van der Waals surface area (Å²) in [4.78, 5) is 26.7. The third kappa shape index (κ3) is 9.01. The average molecular weight is 706 g/mol. The smallest absolute Gasteiger partial charge is 0.407 e. The highest BCUT2D eigenvalue weighted by Crippen LogP contribution is 2.48. The molecule has 9 nitrogen and oxygen atoms in total. The van der Waals surface area contributed by atoms with Crippen LogP contribution in [0, 0.1) is 0 Å². The highest BCUT2D eigenvalue weighted by molar-refractivity contribution is 6.85. The molecule has 0 saturated heterocycles. The Morgan fingerprint density at radius 1 is 0.854 bits per heavy atom. The maximum absolute atomic E-state index is 14.1. The van der Waals surface area contributed by atoms with Gasteiger partial charge in [0.15, 0.2) is 19.8 Å². The number of carbonyl (C=O) groups excluding carboxylic acids is 2. The lowest BCUT2D eigenvalue weighted by molar-refractivity contribution is -0.183. The molecule has 0 bridgehead atoms. The van der Waals surface area contributed by atoms with Crippen LogP contribution < -0.4 is 14.8 Å². The summed E-state index contributed by atoms with van der Waals surface area (Å²) in [5.74, 6) is -0.693. The van der Waals surface area contributed by atoms with E-state index >= 15 is 0 Å². The van der Waals surface area contributed by atoms with Crippen LogP contribution >= 0.6 is 0 Å². The van der Waals surface area contributed by atoms with Crippen molar-refractivity contribution in [1.82, 2.24) is 5.32 Å². The van der Waals surface area contributed by atoms with E-state index in [1.54, 1.807) is 20.3 Å². The molecule has 1 amide bonds. The van der Waals surface area contributed by atoms with Crippen LogP contribution in [0.15, 0.2) is 29.0 Å². The van der Waals surface area contributed by atoms with E-state index in [0.29, 0.717) is 54.1 Å². The highest BCUT2D eigenvalue weighted by Gasteiger charge is 2.52. The van der Waals surface area contributed by atoms with Crippen molar-refractivity contribution < 1.29 is 37.7 Å². The predicted molar refractivity (Wildman–Crippen MR) is 199 cm³/mol. The Bertz CT molecular complexity index is 1330. The molecule has 0 aliphatic heterocycles. The summed E-state index contributed by atoms with van der Waals surface area (Å²) in [5, 5.41) is 3.73. The lowest BCUT2D eigenvalue weighted by atomic mass is 9.83. The fraction of sp³-hybridized carbons (Fsp3) is 0.676. The van der Waals surface area contributed by atoms with E-state index in [4.69, 9.17) is 28.1 Å². The molecule has 1 aromatic carbocycles. The minimum atomic E-state index is -2.37. The molecule has 1 N–H and O–H groups in total. The van der Waals surface area contributed by atoms with Crippen molar-refractivity contribution in [2.75, 3.05) is 41.6 Å². The van der Waals surface area contributed by atoms with Crippen LogP contribution in [0.25, 0.3) is 5.57 Å². The Kier molecular flexibility index (Phi) is 14.3. The molecule has 1 aliphatic carbocycles. The molecule has 1 aliphatic rings. The van der Waals surface area contributed by atoms with Gasteiger partial charge in [-0.25, -0.2) is 4.79 Å². The number of alkyl carbamates (subject to hydrolysis) is 1. The zero-order valence-corrected chi connectivity index (χ0v) is 34.6. The summed E-state index contributed by atoms with van der Waals surface area (Å²) in [6.45, 7) is 26.5. The molecule has 272 valence electrons. The lowest BCUT2D eigenvalue weighted by Gasteiger charge is -2.43. The summed E-state index contributed by atoms with van der Waals surface area (Å²) in [7, 11) is 1.72. The van der Waals surface area contributed by atoms with Gasteiger partial charge in [-0.2, -0.15) is 0 Å². The Labute approximate surface area is 292 Å². The van der Waals surface area contributed by atoms with Gasteiger partial charge >= 0.3 is 6.09 Å². The fourth-order valence-electron chi connectivity index (χ4n) is 7.45. The van der Waals surface area contributed by atoms with Crippen molar-refractivity contribution in [2.45, 2.75) is 123 Å². The summed E-state index contributed by atoms with van der Waals surface area (Å²) >= 11 is 0. The third-order valence-corrected chi connectivity index (χ3v) is 17.4. The van der Waals surface area contributed by atoms with Crippen LogP contribution in [0.4, 0.5) is 4.79 Å². The number of allylic oxidation sites excluding steroid dienone is 1. The Balaban J connectivity index is 2.86. The van der Waals surface area contributed by atoms with Gasteiger partial charge in [0, 0.05) is 27.4 Å². The number of ketones is 1. The van der Waals surface area contributed by atoms with E-state index in [9.17, 15) is 9.59 Å². The van der Waals surface area contributed by atoms with Crippen molar-refractivity contribution in [3.63, 3.8) is 0 Å². The molecule has 0 atom stereocenters. The lowest BCUT2D eigenvalue weighted by Crippen LogP contribution is -2.53. The van der Waals surface area contributed by atoms with E-state index in [2.05, 4.69) is 66.5 Å². The monoisotopic (exact) mass is 705 g/mol.